The molecule has 0 bridgehead atoms. The summed E-state index contributed by atoms with van der Waals surface area (Å²) < 4.78 is 5.48. The van der Waals surface area contributed by atoms with Gasteiger partial charge in [-0.25, -0.2) is 0 Å². The molecule has 1 aromatic carbocycles. The highest BCUT2D eigenvalue weighted by molar-refractivity contribution is 5.17. The standard InChI is InChI=1S/C13H18O2/c1-13(2)12(15-13)9-8-11(14)10-6-4-3-5-7-10/h3-7,11-12,14H,8-9H2,1-2H3/t11-,12-/m1/s1. The molecule has 1 saturated heterocycles. The quantitative estimate of drug-likeness (QED) is 0.768. The van der Waals surface area contributed by atoms with Crippen LogP contribution in [0.4, 0.5) is 0 Å². The molecule has 2 nitrogen and oxygen atoms in total. The molecule has 2 rings (SSSR count). The lowest BCUT2D eigenvalue weighted by atomic mass is 10.0. The first kappa shape index (κ1) is 10.7. The molecular formula is C13H18O2. The van der Waals surface area contributed by atoms with E-state index < -0.39 is 0 Å². The molecule has 1 aromatic rings. The van der Waals surface area contributed by atoms with Gasteiger partial charge in [-0.05, 0) is 32.3 Å². The minimum Gasteiger partial charge on any atom is -0.388 e. The molecule has 82 valence electrons. The Bertz CT molecular complexity index is 319. The van der Waals surface area contributed by atoms with Crippen molar-refractivity contribution in [3.8, 4) is 0 Å². The Morgan fingerprint density at radius 3 is 2.47 bits per heavy atom. The fraction of sp³-hybridized carbons (Fsp3) is 0.538. The Morgan fingerprint density at radius 2 is 1.93 bits per heavy atom. The summed E-state index contributed by atoms with van der Waals surface area (Å²) in [4.78, 5) is 0. The van der Waals surface area contributed by atoms with E-state index in [-0.39, 0.29) is 11.7 Å². The van der Waals surface area contributed by atoms with Crippen molar-refractivity contribution in [2.45, 2.75) is 44.5 Å². The predicted molar refractivity (Wildman–Crippen MR) is 59.6 cm³/mol. The lowest BCUT2D eigenvalue weighted by Crippen LogP contribution is -2.05. The van der Waals surface area contributed by atoms with Gasteiger partial charge in [0.2, 0.25) is 0 Å². The van der Waals surface area contributed by atoms with Gasteiger partial charge in [-0.3, -0.25) is 0 Å². The van der Waals surface area contributed by atoms with E-state index in [4.69, 9.17) is 4.74 Å². The maximum atomic E-state index is 9.91. The van der Waals surface area contributed by atoms with Gasteiger partial charge in [-0.1, -0.05) is 30.3 Å². The molecule has 15 heavy (non-hydrogen) atoms. The summed E-state index contributed by atoms with van der Waals surface area (Å²) in [6, 6.07) is 9.79. The van der Waals surface area contributed by atoms with Crippen molar-refractivity contribution in [2.24, 2.45) is 0 Å². The summed E-state index contributed by atoms with van der Waals surface area (Å²) in [5.41, 5.74) is 1.03. The van der Waals surface area contributed by atoms with Crippen LogP contribution >= 0.6 is 0 Å². The summed E-state index contributed by atoms with van der Waals surface area (Å²) in [6.45, 7) is 4.18. The average molecular weight is 206 g/mol. The van der Waals surface area contributed by atoms with Crippen molar-refractivity contribution < 1.29 is 9.84 Å². The Balaban J connectivity index is 1.81. The summed E-state index contributed by atoms with van der Waals surface area (Å²) >= 11 is 0. The number of ether oxygens (including phenoxy) is 1. The second-order valence-corrected chi connectivity index (χ2v) is 4.71. The van der Waals surface area contributed by atoms with Crippen molar-refractivity contribution in [3.05, 3.63) is 35.9 Å². The molecule has 0 aromatic heterocycles. The third-order valence-corrected chi connectivity index (χ3v) is 3.05. The average Bonchev–Trinajstić information content (AvgIpc) is 2.84. The molecule has 1 aliphatic heterocycles. The SMILES string of the molecule is CC1(C)O[C@@H]1CC[C@@H](O)c1ccccc1. The lowest BCUT2D eigenvalue weighted by molar-refractivity contribution is 0.160. The van der Waals surface area contributed by atoms with Gasteiger partial charge in [-0.2, -0.15) is 0 Å². The van der Waals surface area contributed by atoms with E-state index in [1.807, 2.05) is 30.3 Å². The molecule has 0 saturated carbocycles. The van der Waals surface area contributed by atoms with Crippen molar-refractivity contribution in [2.75, 3.05) is 0 Å². The summed E-state index contributed by atoms with van der Waals surface area (Å²) in [7, 11) is 0. The van der Waals surface area contributed by atoms with Crippen molar-refractivity contribution >= 4 is 0 Å². The van der Waals surface area contributed by atoms with E-state index in [0.717, 1.165) is 18.4 Å². The third-order valence-electron chi connectivity index (χ3n) is 3.05. The molecule has 0 amide bonds. The van der Waals surface area contributed by atoms with Gasteiger partial charge in [0, 0.05) is 0 Å². The van der Waals surface area contributed by atoms with Crippen molar-refractivity contribution in [3.63, 3.8) is 0 Å². The van der Waals surface area contributed by atoms with Gasteiger partial charge in [-0.15, -0.1) is 0 Å². The number of aliphatic hydroxyl groups is 1. The Labute approximate surface area is 90.9 Å². The molecule has 1 fully saturated rings. The Kier molecular flexibility index (Phi) is 2.81. The molecule has 1 heterocycles. The van der Waals surface area contributed by atoms with Crippen LogP contribution in [0.2, 0.25) is 0 Å². The Hall–Kier alpha value is -0.860. The normalized spacial score (nSPS) is 24.9. The van der Waals surface area contributed by atoms with E-state index in [0.29, 0.717) is 6.10 Å². The second-order valence-electron chi connectivity index (χ2n) is 4.71. The van der Waals surface area contributed by atoms with Gasteiger partial charge in [0.05, 0.1) is 17.8 Å². The molecular weight excluding hydrogens is 188 g/mol. The minimum absolute atomic E-state index is 0.0381. The largest absolute Gasteiger partial charge is 0.388 e. The first-order chi connectivity index (χ1) is 7.09. The number of hydrogen-bond donors (Lipinski definition) is 1. The smallest absolute Gasteiger partial charge is 0.0892 e. The van der Waals surface area contributed by atoms with Gasteiger partial charge >= 0.3 is 0 Å². The number of rotatable bonds is 4. The summed E-state index contributed by atoms with van der Waals surface area (Å²) in [6.07, 6.45) is 1.68. The lowest BCUT2D eigenvalue weighted by Gasteiger charge is -2.09. The zero-order chi connectivity index (χ0) is 10.9. The maximum Gasteiger partial charge on any atom is 0.0892 e. The predicted octanol–water partition coefficient (Wildman–Crippen LogP) is 2.68. The number of benzene rings is 1. The van der Waals surface area contributed by atoms with Crippen LogP contribution in [0.25, 0.3) is 0 Å². The highest BCUT2D eigenvalue weighted by Gasteiger charge is 2.47. The van der Waals surface area contributed by atoms with E-state index in [9.17, 15) is 5.11 Å². The molecule has 1 N–H and O–H groups in total. The van der Waals surface area contributed by atoms with Gasteiger partial charge in [0.25, 0.3) is 0 Å². The maximum absolute atomic E-state index is 9.91. The van der Waals surface area contributed by atoms with E-state index in [2.05, 4.69) is 13.8 Å². The topological polar surface area (TPSA) is 32.8 Å². The summed E-state index contributed by atoms with van der Waals surface area (Å²) in [5.74, 6) is 0. The zero-order valence-corrected chi connectivity index (χ0v) is 9.31. The molecule has 0 aliphatic carbocycles. The molecule has 2 heteroatoms. The number of aliphatic hydroxyl groups excluding tert-OH is 1. The molecule has 0 spiro atoms. The highest BCUT2D eigenvalue weighted by atomic mass is 16.6. The monoisotopic (exact) mass is 206 g/mol. The number of hydrogen-bond acceptors (Lipinski definition) is 2. The van der Waals surface area contributed by atoms with Crippen LogP contribution < -0.4 is 0 Å². The second kappa shape index (κ2) is 3.95. The van der Waals surface area contributed by atoms with Gasteiger partial charge in [0.15, 0.2) is 0 Å². The van der Waals surface area contributed by atoms with Crippen LogP contribution in [0.5, 0.6) is 0 Å². The third kappa shape index (κ3) is 2.58. The van der Waals surface area contributed by atoms with E-state index >= 15 is 0 Å². The van der Waals surface area contributed by atoms with Crippen LogP contribution in [0, 0.1) is 0 Å². The molecule has 1 aliphatic rings. The first-order valence-electron chi connectivity index (χ1n) is 5.50. The van der Waals surface area contributed by atoms with E-state index in [1.165, 1.54) is 0 Å². The molecule has 0 unspecified atom stereocenters. The van der Waals surface area contributed by atoms with Crippen molar-refractivity contribution in [1.29, 1.82) is 0 Å². The molecule has 2 atom stereocenters. The van der Waals surface area contributed by atoms with Crippen LogP contribution in [-0.4, -0.2) is 16.8 Å². The zero-order valence-electron chi connectivity index (χ0n) is 9.31. The minimum atomic E-state index is -0.355. The van der Waals surface area contributed by atoms with E-state index in [1.54, 1.807) is 0 Å². The first-order valence-corrected chi connectivity index (χ1v) is 5.50. The fourth-order valence-corrected chi connectivity index (χ4v) is 1.89. The highest BCUT2D eigenvalue weighted by Crippen LogP contribution is 2.39. The van der Waals surface area contributed by atoms with Gasteiger partial charge in [0.1, 0.15) is 0 Å². The fourth-order valence-electron chi connectivity index (χ4n) is 1.89. The van der Waals surface area contributed by atoms with Crippen LogP contribution in [-0.2, 0) is 4.74 Å². The van der Waals surface area contributed by atoms with Crippen LogP contribution in [0.1, 0.15) is 38.4 Å². The van der Waals surface area contributed by atoms with Crippen LogP contribution in [0.15, 0.2) is 30.3 Å². The summed E-state index contributed by atoms with van der Waals surface area (Å²) in [5, 5.41) is 9.91. The molecule has 0 radical (unpaired) electrons. The number of epoxide rings is 1. The van der Waals surface area contributed by atoms with Gasteiger partial charge < -0.3 is 9.84 Å². The van der Waals surface area contributed by atoms with Crippen molar-refractivity contribution in [1.82, 2.24) is 0 Å². The Morgan fingerprint density at radius 1 is 1.33 bits per heavy atom. The van der Waals surface area contributed by atoms with Crippen LogP contribution in [0.3, 0.4) is 0 Å².